The van der Waals surface area contributed by atoms with Crippen LogP contribution in [-0.2, 0) is 14.4 Å². The Bertz CT molecular complexity index is 663. The molecule has 25 heavy (non-hydrogen) atoms. The van der Waals surface area contributed by atoms with Crippen molar-refractivity contribution >= 4 is 29.2 Å². The molecule has 0 aromatic heterocycles. The number of carbonyl (C=O) groups is 3. The van der Waals surface area contributed by atoms with Crippen molar-refractivity contribution in [2.45, 2.75) is 58.8 Å². The normalized spacial score (nSPS) is 16.1. The van der Waals surface area contributed by atoms with Crippen molar-refractivity contribution in [1.29, 1.82) is 0 Å². The lowest BCUT2D eigenvalue weighted by Crippen LogP contribution is -2.32. The van der Waals surface area contributed by atoms with Gasteiger partial charge in [-0.05, 0) is 42.9 Å². The van der Waals surface area contributed by atoms with E-state index in [9.17, 15) is 19.5 Å². The standard InChI is InChI=1S/C19H26N2O4/c1-13-15(20-14(2)22)7-6-8-16(13)21-17(23)11-19(12-18(24)25)9-4-3-5-10-19/h6-8H,3-5,9-12H2,1-2H3,(H,20,22)(H,21,23)(H,24,25). The van der Waals surface area contributed by atoms with E-state index in [-0.39, 0.29) is 24.7 Å². The highest BCUT2D eigenvalue weighted by atomic mass is 16.4. The summed E-state index contributed by atoms with van der Waals surface area (Å²) in [6.07, 6.45) is 4.83. The molecule has 0 bridgehead atoms. The Kier molecular flexibility index (Phi) is 6.17. The molecule has 0 atom stereocenters. The van der Waals surface area contributed by atoms with Crippen LogP contribution < -0.4 is 10.6 Å². The van der Waals surface area contributed by atoms with E-state index in [4.69, 9.17) is 0 Å². The summed E-state index contributed by atoms with van der Waals surface area (Å²) in [4.78, 5) is 35.1. The van der Waals surface area contributed by atoms with Gasteiger partial charge >= 0.3 is 5.97 Å². The minimum atomic E-state index is -0.849. The highest BCUT2D eigenvalue weighted by molar-refractivity contribution is 5.95. The van der Waals surface area contributed by atoms with Crippen LogP contribution in [0.4, 0.5) is 11.4 Å². The van der Waals surface area contributed by atoms with E-state index in [0.29, 0.717) is 11.4 Å². The van der Waals surface area contributed by atoms with Gasteiger partial charge in [0.25, 0.3) is 0 Å². The molecule has 2 rings (SSSR count). The first-order chi connectivity index (χ1) is 11.8. The van der Waals surface area contributed by atoms with Crippen LogP contribution in [0.1, 0.15) is 57.4 Å². The second kappa shape index (κ2) is 8.14. The lowest BCUT2D eigenvalue weighted by atomic mass is 9.69. The van der Waals surface area contributed by atoms with Gasteiger partial charge in [-0.2, -0.15) is 0 Å². The molecule has 3 N–H and O–H groups in total. The predicted molar refractivity (Wildman–Crippen MR) is 96.5 cm³/mol. The van der Waals surface area contributed by atoms with Gasteiger partial charge in [-0.3, -0.25) is 14.4 Å². The third-order valence-corrected chi connectivity index (χ3v) is 4.89. The summed E-state index contributed by atoms with van der Waals surface area (Å²) in [5.41, 5.74) is 1.62. The van der Waals surface area contributed by atoms with Gasteiger partial charge in [-0.1, -0.05) is 25.3 Å². The van der Waals surface area contributed by atoms with Gasteiger partial charge in [0.1, 0.15) is 0 Å². The van der Waals surface area contributed by atoms with Crippen LogP contribution in [-0.4, -0.2) is 22.9 Å². The Hall–Kier alpha value is -2.37. The van der Waals surface area contributed by atoms with E-state index in [2.05, 4.69) is 10.6 Å². The van der Waals surface area contributed by atoms with Crippen molar-refractivity contribution in [2.24, 2.45) is 5.41 Å². The fourth-order valence-electron chi connectivity index (χ4n) is 3.67. The summed E-state index contributed by atoms with van der Waals surface area (Å²) in [6.45, 7) is 3.26. The smallest absolute Gasteiger partial charge is 0.303 e. The highest BCUT2D eigenvalue weighted by Gasteiger charge is 2.36. The zero-order valence-corrected chi connectivity index (χ0v) is 14.9. The van der Waals surface area contributed by atoms with Gasteiger partial charge in [0.2, 0.25) is 11.8 Å². The number of carboxylic acids is 1. The topological polar surface area (TPSA) is 95.5 Å². The number of aliphatic carboxylic acids is 1. The van der Waals surface area contributed by atoms with E-state index < -0.39 is 11.4 Å². The number of hydrogen-bond acceptors (Lipinski definition) is 3. The molecule has 1 aromatic rings. The van der Waals surface area contributed by atoms with Gasteiger partial charge in [0.15, 0.2) is 0 Å². The maximum absolute atomic E-state index is 12.6. The summed E-state index contributed by atoms with van der Waals surface area (Å²) >= 11 is 0. The van der Waals surface area contributed by atoms with Crippen LogP contribution in [0.3, 0.4) is 0 Å². The minimum absolute atomic E-state index is 0.0331. The molecule has 1 fully saturated rings. The average molecular weight is 346 g/mol. The van der Waals surface area contributed by atoms with E-state index >= 15 is 0 Å². The van der Waals surface area contributed by atoms with E-state index in [0.717, 1.165) is 37.7 Å². The Balaban J connectivity index is 2.10. The van der Waals surface area contributed by atoms with Crippen molar-refractivity contribution in [3.8, 4) is 0 Å². The quantitative estimate of drug-likeness (QED) is 0.732. The third kappa shape index (κ3) is 5.31. The van der Waals surface area contributed by atoms with Gasteiger partial charge in [0.05, 0.1) is 6.42 Å². The first kappa shape index (κ1) is 19.0. The van der Waals surface area contributed by atoms with E-state index in [1.165, 1.54) is 6.92 Å². The second-order valence-corrected chi connectivity index (χ2v) is 7.02. The number of rotatable bonds is 6. The first-order valence-corrected chi connectivity index (χ1v) is 8.70. The number of carbonyl (C=O) groups excluding carboxylic acids is 2. The van der Waals surface area contributed by atoms with Gasteiger partial charge in [0, 0.05) is 24.7 Å². The molecule has 0 saturated heterocycles. The van der Waals surface area contributed by atoms with Crippen molar-refractivity contribution in [3.63, 3.8) is 0 Å². The minimum Gasteiger partial charge on any atom is -0.481 e. The van der Waals surface area contributed by atoms with Crippen LogP contribution >= 0.6 is 0 Å². The predicted octanol–water partition coefficient (Wildman–Crippen LogP) is 3.71. The van der Waals surface area contributed by atoms with Gasteiger partial charge < -0.3 is 15.7 Å². The lowest BCUT2D eigenvalue weighted by molar-refractivity contribution is -0.141. The number of anilines is 2. The Morgan fingerprint density at radius 2 is 1.64 bits per heavy atom. The van der Waals surface area contributed by atoms with Crippen LogP contribution in [0.25, 0.3) is 0 Å². The van der Waals surface area contributed by atoms with Crippen LogP contribution in [0.5, 0.6) is 0 Å². The van der Waals surface area contributed by atoms with Crippen molar-refractivity contribution in [2.75, 3.05) is 10.6 Å². The van der Waals surface area contributed by atoms with Crippen LogP contribution in [0.15, 0.2) is 18.2 Å². The molecule has 0 heterocycles. The Labute approximate surface area is 148 Å². The molecule has 1 saturated carbocycles. The average Bonchev–Trinajstić information content (AvgIpc) is 2.50. The Morgan fingerprint density at radius 1 is 1.04 bits per heavy atom. The fourth-order valence-corrected chi connectivity index (χ4v) is 3.67. The fraction of sp³-hybridized carbons (Fsp3) is 0.526. The molecule has 1 aromatic carbocycles. The molecule has 136 valence electrons. The number of carboxylic acid groups (broad SMARTS) is 1. The number of nitrogens with one attached hydrogen (secondary N) is 2. The summed E-state index contributed by atoms with van der Waals surface area (Å²) in [6, 6.07) is 5.32. The molecule has 0 aliphatic heterocycles. The summed E-state index contributed by atoms with van der Waals surface area (Å²) in [7, 11) is 0. The van der Waals surface area contributed by atoms with E-state index in [1.54, 1.807) is 18.2 Å². The first-order valence-electron chi connectivity index (χ1n) is 8.70. The molecule has 2 amide bonds. The Morgan fingerprint density at radius 3 is 2.20 bits per heavy atom. The molecule has 1 aliphatic rings. The molecule has 6 nitrogen and oxygen atoms in total. The van der Waals surface area contributed by atoms with Gasteiger partial charge in [-0.15, -0.1) is 0 Å². The maximum Gasteiger partial charge on any atom is 0.303 e. The number of hydrogen-bond donors (Lipinski definition) is 3. The molecular formula is C19H26N2O4. The molecular weight excluding hydrogens is 320 g/mol. The third-order valence-electron chi connectivity index (χ3n) is 4.89. The molecule has 0 radical (unpaired) electrons. The second-order valence-electron chi connectivity index (χ2n) is 7.02. The molecule has 1 aliphatic carbocycles. The van der Waals surface area contributed by atoms with Crippen LogP contribution in [0.2, 0.25) is 0 Å². The number of amides is 2. The summed E-state index contributed by atoms with van der Waals surface area (Å²) in [5, 5.41) is 14.8. The molecule has 0 unspecified atom stereocenters. The van der Waals surface area contributed by atoms with Crippen LogP contribution in [0, 0.1) is 12.3 Å². The van der Waals surface area contributed by atoms with Crippen molar-refractivity contribution in [3.05, 3.63) is 23.8 Å². The highest BCUT2D eigenvalue weighted by Crippen LogP contribution is 2.42. The molecule has 0 spiro atoms. The summed E-state index contributed by atoms with van der Waals surface area (Å²) < 4.78 is 0. The maximum atomic E-state index is 12.6. The van der Waals surface area contributed by atoms with Crippen molar-refractivity contribution in [1.82, 2.24) is 0 Å². The van der Waals surface area contributed by atoms with E-state index in [1.807, 2.05) is 6.92 Å². The monoisotopic (exact) mass is 346 g/mol. The van der Waals surface area contributed by atoms with Gasteiger partial charge in [-0.25, -0.2) is 0 Å². The zero-order chi connectivity index (χ0) is 18.4. The largest absolute Gasteiger partial charge is 0.481 e. The zero-order valence-electron chi connectivity index (χ0n) is 14.9. The lowest BCUT2D eigenvalue weighted by Gasteiger charge is -2.35. The SMILES string of the molecule is CC(=O)Nc1cccc(NC(=O)CC2(CC(=O)O)CCCCC2)c1C. The van der Waals surface area contributed by atoms with Crippen molar-refractivity contribution < 1.29 is 19.5 Å². The molecule has 6 heteroatoms. The summed E-state index contributed by atoms with van der Waals surface area (Å²) in [5.74, 6) is -1.20. The number of benzene rings is 1.